The minimum atomic E-state index is -0.242. The van der Waals surface area contributed by atoms with Crippen molar-refractivity contribution in [1.82, 2.24) is 5.32 Å². The Morgan fingerprint density at radius 2 is 2.19 bits per heavy atom. The minimum Gasteiger partial charge on any atom is -0.367 e. The number of likely N-dealkylation sites (N-methyl/N-ethyl adjacent to an activating group) is 1. The van der Waals surface area contributed by atoms with Crippen molar-refractivity contribution >= 4 is 28.6 Å². The molecule has 2 unspecified atom stereocenters. The zero-order valence-electron chi connectivity index (χ0n) is 12.4. The number of hydrogen-bond donors (Lipinski definition) is 2. The minimum absolute atomic E-state index is 0.0126. The van der Waals surface area contributed by atoms with Gasteiger partial charge in [0.05, 0.1) is 6.04 Å². The second-order valence-corrected chi connectivity index (χ2v) is 6.26. The van der Waals surface area contributed by atoms with Gasteiger partial charge in [-0.3, -0.25) is 4.79 Å². The molecule has 1 aliphatic rings. The first-order valence-corrected chi connectivity index (χ1v) is 7.88. The molecule has 4 nitrogen and oxygen atoms in total. The molecule has 0 aliphatic carbocycles. The van der Waals surface area contributed by atoms with Crippen molar-refractivity contribution in [3.63, 3.8) is 0 Å². The van der Waals surface area contributed by atoms with E-state index >= 15 is 0 Å². The molecular weight excluding hydrogens is 282 g/mol. The number of nitrogens with zero attached hydrogens (tertiary/aromatic N) is 1. The van der Waals surface area contributed by atoms with Gasteiger partial charge in [-0.25, -0.2) is 0 Å². The third-order valence-electron chi connectivity index (χ3n) is 4.10. The standard InChI is InChI=1S/C16H19N3OS/c1-10(14-5-4-8-21-14)19(3)11-6-7-12-13(9-11)18-16(20)15(12)17-2/h4-10,15,17H,1-3H3,(H,18,20). The summed E-state index contributed by atoms with van der Waals surface area (Å²) in [7, 11) is 3.89. The van der Waals surface area contributed by atoms with Crippen molar-refractivity contribution in [3.05, 3.63) is 46.2 Å². The van der Waals surface area contributed by atoms with Crippen LogP contribution in [0.4, 0.5) is 11.4 Å². The van der Waals surface area contributed by atoms with Gasteiger partial charge in [-0.15, -0.1) is 11.3 Å². The smallest absolute Gasteiger partial charge is 0.246 e. The molecule has 0 saturated carbocycles. The fourth-order valence-electron chi connectivity index (χ4n) is 2.70. The highest BCUT2D eigenvalue weighted by molar-refractivity contribution is 7.10. The topological polar surface area (TPSA) is 44.4 Å². The number of nitrogens with one attached hydrogen (secondary N) is 2. The lowest BCUT2D eigenvalue weighted by molar-refractivity contribution is -0.117. The SMILES string of the molecule is CNC1C(=O)Nc2cc(N(C)C(C)c3cccs3)ccc21. The predicted molar refractivity (Wildman–Crippen MR) is 88.0 cm³/mol. The molecule has 1 aliphatic heterocycles. The summed E-state index contributed by atoms with van der Waals surface area (Å²) in [4.78, 5) is 15.4. The van der Waals surface area contributed by atoms with Gasteiger partial charge in [-0.2, -0.15) is 0 Å². The second kappa shape index (κ2) is 5.50. The Bertz CT molecular complexity index is 654. The van der Waals surface area contributed by atoms with Crippen LogP contribution in [0.3, 0.4) is 0 Å². The van der Waals surface area contributed by atoms with E-state index in [1.807, 2.05) is 6.07 Å². The molecule has 1 amide bonds. The van der Waals surface area contributed by atoms with Gasteiger partial charge in [-0.05, 0) is 37.6 Å². The van der Waals surface area contributed by atoms with E-state index in [1.54, 1.807) is 18.4 Å². The summed E-state index contributed by atoms with van der Waals surface area (Å²) < 4.78 is 0. The Morgan fingerprint density at radius 3 is 2.86 bits per heavy atom. The summed E-state index contributed by atoms with van der Waals surface area (Å²) in [6, 6.07) is 10.4. The summed E-state index contributed by atoms with van der Waals surface area (Å²) in [6.45, 7) is 2.19. The number of carbonyl (C=O) groups excluding carboxylic acids is 1. The molecule has 0 fully saturated rings. The van der Waals surface area contributed by atoms with Crippen LogP contribution in [0.25, 0.3) is 0 Å². The molecule has 2 aromatic rings. The van der Waals surface area contributed by atoms with Crippen molar-refractivity contribution in [1.29, 1.82) is 0 Å². The Balaban J connectivity index is 1.88. The van der Waals surface area contributed by atoms with Crippen LogP contribution >= 0.6 is 11.3 Å². The first-order chi connectivity index (χ1) is 10.1. The highest BCUT2D eigenvalue weighted by atomic mass is 32.1. The summed E-state index contributed by atoms with van der Waals surface area (Å²) in [6.07, 6.45) is 0. The number of thiophene rings is 1. The van der Waals surface area contributed by atoms with Crippen molar-refractivity contribution in [2.24, 2.45) is 0 Å². The number of carbonyl (C=O) groups is 1. The molecule has 110 valence electrons. The molecule has 5 heteroatoms. The number of rotatable bonds is 4. The van der Waals surface area contributed by atoms with Crippen LogP contribution in [0.1, 0.15) is 29.4 Å². The highest BCUT2D eigenvalue weighted by Gasteiger charge is 2.29. The summed E-state index contributed by atoms with van der Waals surface area (Å²) in [5, 5.41) is 8.08. The number of anilines is 2. The molecule has 0 saturated heterocycles. The Labute approximate surface area is 128 Å². The zero-order chi connectivity index (χ0) is 15.0. The van der Waals surface area contributed by atoms with Gasteiger partial charge in [0.1, 0.15) is 6.04 Å². The first-order valence-electron chi connectivity index (χ1n) is 7.00. The third kappa shape index (κ3) is 2.43. The molecule has 0 spiro atoms. The maximum absolute atomic E-state index is 11.9. The monoisotopic (exact) mass is 301 g/mol. The fraction of sp³-hybridized carbons (Fsp3) is 0.312. The average molecular weight is 301 g/mol. The van der Waals surface area contributed by atoms with Gasteiger partial charge >= 0.3 is 0 Å². The van der Waals surface area contributed by atoms with E-state index in [1.165, 1.54) is 4.88 Å². The van der Waals surface area contributed by atoms with E-state index in [0.717, 1.165) is 16.9 Å². The lowest BCUT2D eigenvalue weighted by atomic mass is 10.1. The highest BCUT2D eigenvalue weighted by Crippen LogP contribution is 2.36. The number of benzene rings is 1. The normalized spacial score (nSPS) is 18.2. The van der Waals surface area contributed by atoms with E-state index in [4.69, 9.17) is 0 Å². The quantitative estimate of drug-likeness (QED) is 0.912. The van der Waals surface area contributed by atoms with Crippen LogP contribution in [0.15, 0.2) is 35.7 Å². The van der Waals surface area contributed by atoms with Crippen LogP contribution in [0, 0.1) is 0 Å². The summed E-state index contributed by atoms with van der Waals surface area (Å²) in [5.41, 5.74) is 3.03. The van der Waals surface area contributed by atoms with E-state index in [2.05, 4.69) is 59.2 Å². The second-order valence-electron chi connectivity index (χ2n) is 5.28. The molecule has 1 aromatic carbocycles. The van der Waals surface area contributed by atoms with Crippen molar-refractivity contribution in [2.75, 3.05) is 24.3 Å². The summed E-state index contributed by atoms with van der Waals surface area (Å²) in [5.74, 6) is 0.0126. The number of amides is 1. The van der Waals surface area contributed by atoms with Gasteiger partial charge in [-0.1, -0.05) is 12.1 Å². The first kappa shape index (κ1) is 14.1. The molecule has 0 radical (unpaired) electrons. The van der Waals surface area contributed by atoms with Gasteiger partial charge in [0.15, 0.2) is 0 Å². The van der Waals surface area contributed by atoms with E-state index < -0.39 is 0 Å². The molecule has 21 heavy (non-hydrogen) atoms. The third-order valence-corrected chi connectivity index (χ3v) is 5.14. The van der Waals surface area contributed by atoms with Gasteiger partial charge < -0.3 is 15.5 Å². The molecule has 3 rings (SSSR count). The maximum Gasteiger partial charge on any atom is 0.246 e. The molecular formula is C16H19N3OS. The molecule has 1 aromatic heterocycles. The van der Waals surface area contributed by atoms with Crippen LogP contribution in [-0.2, 0) is 4.79 Å². The molecule has 2 atom stereocenters. The van der Waals surface area contributed by atoms with Gasteiger partial charge in [0.25, 0.3) is 0 Å². The van der Waals surface area contributed by atoms with Crippen LogP contribution < -0.4 is 15.5 Å². The Morgan fingerprint density at radius 1 is 1.38 bits per heavy atom. The molecule has 0 bridgehead atoms. The van der Waals surface area contributed by atoms with E-state index in [9.17, 15) is 4.79 Å². The van der Waals surface area contributed by atoms with Crippen molar-refractivity contribution < 1.29 is 4.79 Å². The zero-order valence-corrected chi connectivity index (χ0v) is 13.2. The largest absolute Gasteiger partial charge is 0.367 e. The Hall–Kier alpha value is -1.85. The van der Waals surface area contributed by atoms with E-state index in [-0.39, 0.29) is 11.9 Å². The van der Waals surface area contributed by atoms with Crippen LogP contribution in [-0.4, -0.2) is 20.0 Å². The summed E-state index contributed by atoms with van der Waals surface area (Å²) >= 11 is 1.76. The predicted octanol–water partition coefficient (Wildman–Crippen LogP) is 3.16. The molecule has 2 N–H and O–H groups in total. The lowest BCUT2D eigenvalue weighted by Crippen LogP contribution is -2.23. The van der Waals surface area contributed by atoms with Crippen LogP contribution in [0.2, 0.25) is 0 Å². The molecule has 2 heterocycles. The number of hydrogen-bond acceptors (Lipinski definition) is 4. The van der Waals surface area contributed by atoms with Gasteiger partial charge in [0, 0.05) is 28.9 Å². The average Bonchev–Trinajstić information content (AvgIpc) is 3.11. The fourth-order valence-corrected chi connectivity index (χ4v) is 3.53. The number of fused-ring (bicyclic) bond motifs is 1. The van der Waals surface area contributed by atoms with Crippen molar-refractivity contribution in [3.8, 4) is 0 Å². The maximum atomic E-state index is 11.9. The van der Waals surface area contributed by atoms with Gasteiger partial charge in [0.2, 0.25) is 5.91 Å². The lowest BCUT2D eigenvalue weighted by Gasteiger charge is -2.26. The van der Waals surface area contributed by atoms with Crippen molar-refractivity contribution in [2.45, 2.75) is 19.0 Å². The van der Waals surface area contributed by atoms with E-state index in [0.29, 0.717) is 6.04 Å². The van der Waals surface area contributed by atoms with Crippen LogP contribution in [0.5, 0.6) is 0 Å². The Kier molecular flexibility index (Phi) is 3.69.